The molecule has 0 aliphatic carbocycles. The molecule has 6 heteroatoms. The zero-order valence-electron chi connectivity index (χ0n) is 6.37. The molecular formula is C7H6F2O3S. The molecular weight excluding hydrogens is 202 g/mol. The number of carboxylic acid groups (broad SMARTS) is 1. The first-order chi connectivity index (χ1) is 6.09. The van der Waals surface area contributed by atoms with Gasteiger partial charge in [0, 0.05) is 11.4 Å². The molecule has 72 valence electrons. The number of ether oxygens (including phenoxy) is 1. The van der Waals surface area contributed by atoms with Crippen LogP contribution in [0.2, 0.25) is 0 Å². The summed E-state index contributed by atoms with van der Waals surface area (Å²) in [6.07, 6.45) is -2.55. The number of thiophene rings is 1. The highest BCUT2D eigenvalue weighted by molar-refractivity contribution is 7.12. The third-order valence-electron chi connectivity index (χ3n) is 1.16. The van der Waals surface area contributed by atoms with Gasteiger partial charge in [0.2, 0.25) is 0 Å². The van der Waals surface area contributed by atoms with Crippen molar-refractivity contribution in [3.05, 3.63) is 16.3 Å². The van der Waals surface area contributed by atoms with Crippen molar-refractivity contribution >= 4 is 17.3 Å². The first-order valence-corrected chi connectivity index (χ1v) is 4.20. The van der Waals surface area contributed by atoms with Crippen LogP contribution in [-0.2, 0) is 0 Å². The van der Waals surface area contributed by atoms with Crippen LogP contribution >= 0.6 is 11.3 Å². The number of hydrogen-bond acceptors (Lipinski definition) is 3. The average molecular weight is 208 g/mol. The standard InChI is InChI=1S/C7H6F2O3S/c8-6(9)2-12-4-1-5(7(10)11)13-3-4/h1,3,6H,2H2,(H,10,11). The number of aromatic carboxylic acids is 1. The van der Waals surface area contributed by atoms with Gasteiger partial charge in [-0.2, -0.15) is 0 Å². The first kappa shape index (κ1) is 9.91. The minimum Gasteiger partial charge on any atom is -0.487 e. The Labute approximate surface area is 76.6 Å². The first-order valence-electron chi connectivity index (χ1n) is 3.32. The number of rotatable bonds is 4. The van der Waals surface area contributed by atoms with Crippen molar-refractivity contribution in [1.82, 2.24) is 0 Å². The number of carboxylic acids is 1. The van der Waals surface area contributed by atoms with Gasteiger partial charge in [-0.1, -0.05) is 0 Å². The van der Waals surface area contributed by atoms with Crippen molar-refractivity contribution in [2.24, 2.45) is 0 Å². The lowest BCUT2D eigenvalue weighted by Crippen LogP contribution is -2.06. The van der Waals surface area contributed by atoms with Gasteiger partial charge in [-0.05, 0) is 0 Å². The van der Waals surface area contributed by atoms with Crippen LogP contribution in [0.15, 0.2) is 11.4 Å². The van der Waals surface area contributed by atoms with Gasteiger partial charge in [0.1, 0.15) is 17.2 Å². The summed E-state index contributed by atoms with van der Waals surface area (Å²) >= 11 is 0.940. The van der Waals surface area contributed by atoms with Gasteiger partial charge in [-0.3, -0.25) is 0 Å². The van der Waals surface area contributed by atoms with Crippen molar-refractivity contribution in [2.75, 3.05) is 6.61 Å². The topological polar surface area (TPSA) is 46.5 Å². The summed E-state index contributed by atoms with van der Waals surface area (Å²) in [4.78, 5) is 10.4. The van der Waals surface area contributed by atoms with Crippen LogP contribution in [0.25, 0.3) is 0 Å². The highest BCUT2D eigenvalue weighted by atomic mass is 32.1. The molecule has 0 fully saturated rings. The SMILES string of the molecule is O=C(O)c1cc(OCC(F)F)cs1. The molecule has 0 unspecified atom stereocenters. The van der Waals surface area contributed by atoms with Gasteiger partial charge in [0.05, 0.1) is 0 Å². The van der Waals surface area contributed by atoms with E-state index in [-0.39, 0.29) is 10.6 Å². The second kappa shape index (κ2) is 4.18. The van der Waals surface area contributed by atoms with Gasteiger partial charge in [-0.15, -0.1) is 11.3 Å². The maximum atomic E-state index is 11.6. The largest absolute Gasteiger partial charge is 0.487 e. The molecule has 0 aromatic carbocycles. The summed E-state index contributed by atoms with van der Waals surface area (Å²) in [5.41, 5.74) is 0. The van der Waals surface area contributed by atoms with E-state index in [0.29, 0.717) is 0 Å². The highest BCUT2D eigenvalue weighted by Gasteiger charge is 2.09. The fourth-order valence-electron chi connectivity index (χ4n) is 0.666. The van der Waals surface area contributed by atoms with E-state index in [4.69, 9.17) is 5.11 Å². The summed E-state index contributed by atoms with van der Waals surface area (Å²) in [7, 11) is 0. The summed E-state index contributed by atoms with van der Waals surface area (Å²) < 4.78 is 27.9. The Morgan fingerprint density at radius 2 is 2.38 bits per heavy atom. The van der Waals surface area contributed by atoms with Crippen LogP contribution in [-0.4, -0.2) is 24.1 Å². The third kappa shape index (κ3) is 2.98. The van der Waals surface area contributed by atoms with Gasteiger partial charge in [-0.25, -0.2) is 13.6 Å². The number of halogens is 2. The van der Waals surface area contributed by atoms with E-state index < -0.39 is 19.0 Å². The fraction of sp³-hybridized carbons (Fsp3) is 0.286. The van der Waals surface area contributed by atoms with E-state index in [1.807, 2.05) is 0 Å². The minimum atomic E-state index is -2.55. The van der Waals surface area contributed by atoms with E-state index in [0.717, 1.165) is 11.3 Å². The Kier molecular flexibility index (Phi) is 3.18. The quantitative estimate of drug-likeness (QED) is 0.824. The molecule has 13 heavy (non-hydrogen) atoms. The normalized spacial score (nSPS) is 10.4. The second-order valence-corrected chi connectivity index (χ2v) is 3.07. The molecule has 0 spiro atoms. The van der Waals surface area contributed by atoms with E-state index >= 15 is 0 Å². The lowest BCUT2D eigenvalue weighted by Gasteiger charge is -2.00. The Balaban J connectivity index is 2.54. The van der Waals surface area contributed by atoms with Crippen LogP contribution in [0.3, 0.4) is 0 Å². The summed E-state index contributed by atoms with van der Waals surface area (Å²) in [5, 5.41) is 9.86. The molecule has 0 aliphatic rings. The van der Waals surface area contributed by atoms with Crippen molar-refractivity contribution in [3.63, 3.8) is 0 Å². The summed E-state index contributed by atoms with van der Waals surface area (Å²) in [6, 6.07) is 1.22. The molecule has 0 amide bonds. The van der Waals surface area contributed by atoms with Crippen molar-refractivity contribution in [3.8, 4) is 5.75 Å². The van der Waals surface area contributed by atoms with E-state index in [1.165, 1.54) is 11.4 Å². The highest BCUT2D eigenvalue weighted by Crippen LogP contribution is 2.21. The third-order valence-corrected chi connectivity index (χ3v) is 2.06. The van der Waals surface area contributed by atoms with Crippen LogP contribution < -0.4 is 4.74 Å². The number of carbonyl (C=O) groups is 1. The number of hydrogen-bond donors (Lipinski definition) is 1. The van der Waals surface area contributed by atoms with Crippen molar-refractivity contribution < 1.29 is 23.4 Å². The Hall–Kier alpha value is -1.17. The summed E-state index contributed by atoms with van der Waals surface area (Å²) in [5.74, 6) is -0.917. The predicted molar refractivity (Wildman–Crippen MR) is 42.8 cm³/mol. The van der Waals surface area contributed by atoms with Gasteiger partial charge >= 0.3 is 5.97 Å². The molecule has 1 aromatic heterocycles. The van der Waals surface area contributed by atoms with Crippen molar-refractivity contribution in [2.45, 2.75) is 6.43 Å². The Morgan fingerprint density at radius 1 is 1.69 bits per heavy atom. The van der Waals surface area contributed by atoms with Crippen molar-refractivity contribution in [1.29, 1.82) is 0 Å². The molecule has 3 nitrogen and oxygen atoms in total. The molecule has 0 radical (unpaired) electrons. The van der Waals surface area contributed by atoms with E-state index in [1.54, 1.807) is 0 Å². The molecule has 0 bridgehead atoms. The molecule has 0 atom stereocenters. The monoisotopic (exact) mass is 208 g/mol. The van der Waals surface area contributed by atoms with Gasteiger partial charge < -0.3 is 9.84 Å². The van der Waals surface area contributed by atoms with Crippen LogP contribution in [0.1, 0.15) is 9.67 Å². The Morgan fingerprint density at radius 3 is 2.85 bits per heavy atom. The van der Waals surface area contributed by atoms with Crippen LogP contribution in [0, 0.1) is 0 Å². The zero-order chi connectivity index (χ0) is 9.84. The zero-order valence-corrected chi connectivity index (χ0v) is 7.18. The molecule has 1 aromatic rings. The average Bonchev–Trinajstić information content (AvgIpc) is 2.48. The summed E-state index contributed by atoms with van der Waals surface area (Å²) in [6.45, 7) is -0.713. The molecule has 0 saturated heterocycles. The smallest absolute Gasteiger partial charge is 0.346 e. The fourth-order valence-corrected chi connectivity index (χ4v) is 1.33. The second-order valence-electron chi connectivity index (χ2n) is 2.15. The molecule has 0 saturated carbocycles. The number of alkyl halides is 2. The minimum absolute atomic E-state index is 0.0734. The molecule has 1 N–H and O–H groups in total. The molecule has 1 rings (SSSR count). The Bertz CT molecular complexity index is 298. The van der Waals surface area contributed by atoms with Crippen LogP contribution in [0.4, 0.5) is 8.78 Å². The lowest BCUT2D eigenvalue weighted by atomic mass is 10.4. The molecule has 0 aliphatic heterocycles. The molecule has 1 heterocycles. The lowest BCUT2D eigenvalue weighted by molar-refractivity contribution is 0.0701. The van der Waals surface area contributed by atoms with Gasteiger partial charge in [0.15, 0.2) is 0 Å². The van der Waals surface area contributed by atoms with Crippen LogP contribution in [0.5, 0.6) is 5.75 Å². The van der Waals surface area contributed by atoms with Gasteiger partial charge in [0.25, 0.3) is 6.43 Å². The van der Waals surface area contributed by atoms with E-state index in [9.17, 15) is 13.6 Å². The van der Waals surface area contributed by atoms with E-state index in [2.05, 4.69) is 4.74 Å². The maximum Gasteiger partial charge on any atom is 0.346 e. The maximum absolute atomic E-state index is 11.6. The predicted octanol–water partition coefficient (Wildman–Crippen LogP) is 2.09.